The van der Waals surface area contributed by atoms with Gasteiger partial charge in [0.1, 0.15) is 5.82 Å². The highest BCUT2D eigenvalue weighted by molar-refractivity contribution is 5.76. The third-order valence-corrected chi connectivity index (χ3v) is 4.88. The van der Waals surface area contributed by atoms with Crippen LogP contribution in [0.4, 0.5) is 0 Å². The first-order valence-corrected chi connectivity index (χ1v) is 8.34. The van der Waals surface area contributed by atoms with Crippen LogP contribution in [-0.4, -0.2) is 58.9 Å². The molecule has 1 amide bonds. The van der Waals surface area contributed by atoms with Crippen molar-refractivity contribution in [3.05, 3.63) is 27.4 Å². The summed E-state index contributed by atoms with van der Waals surface area (Å²) in [5.74, 6) is 1.27. The van der Waals surface area contributed by atoms with Crippen LogP contribution in [0.5, 0.6) is 0 Å². The summed E-state index contributed by atoms with van der Waals surface area (Å²) >= 11 is 0. The number of amides is 1. The third kappa shape index (κ3) is 3.99. The van der Waals surface area contributed by atoms with Gasteiger partial charge in [0.2, 0.25) is 5.91 Å². The predicted molar refractivity (Wildman–Crippen MR) is 90.5 cm³/mol. The first-order valence-electron chi connectivity index (χ1n) is 8.34. The van der Waals surface area contributed by atoms with Crippen molar-refractivity contribution in [3.8, 4) is 0 Å². The van der Waals surface area contributed by atoms with Crippen LogP contribution in [-0.2, 0) is 11.2 Å². The van der Waals surface area contributed by atoms with Gasteiger partial charge >= 0.3 is 0 Å². The molecular weight excluding hydrogens is 292 g/mol. The molecule has 0 bridgehead atoms. The summed E-state index contributed by atoms with van der Waals surface area (Å²) in [5.41, 5.74) is 1.22. The summed E-state index contributed by atoms with van der Waals surface area (Å²) in [7, 11) is 4.14. The quantitative estimate of drug-likeness (QED) is 0.882. The number of rotatable bonds is 5. The van der Waals surface area contributed by atoms with Crippen molar-refractivity contribution in [2.45, 2.75) is 46.1 Å². The van der Waals surface area contributed by atoms with Crippen molar-refractivity contribution in [1.29, 1.82) is 0 Å². The molecule has 0 radical (unpaired) electrons. The Balaban J connectivity index is 2.00. The molecule has 2 heterocycles. The highest BCUT2D eigenvalue weighted by atomic mass is 16.2. The molecule has 0 aliphatic carbocycles. The van der Waals surface area contributed by atoms with E-state index >= 15 is 0 Å². The summed E-state index contributed by atoms with van der Waals surface area (Å²) < 4.78 is 0. The van der Waals surface area contributed by atoms with E-state index in [-0.39, 0.29) is 11.5 Å². The Morgan fingerprint density at radius 2 is 2.04 bits per heavy atom. The number of carbonyl (C=O) groups excluding carboxylic acids is 1. The summed E-state index contributed by atoms with van der Waals surface area (Å²) in [6.07, 6.45) is 1.89. The van der Waals surface area contributed by atoms with E-state index in [1.54, 1.807) is 6.92 Å². The average Bonchev–Trinajstić information content (AvgIpc) is 2.90. The Labute approximate surface area is 137 Å². The second kappa shape index (κ2) is 7.25. The van der Waals surface area contributed by atoms with E-state index < -0.39 is 0 Å². The number of nitrogens with zero attached hydrogens (tertiary/aromatic N) is 3. The van der Waals surface area contributed by atoms with Crippen molar-refractivity contribution in [3.63, 3.8) is 0 Å². The van der Waals surface area contributed by atoms with Gasteiger partial charge in [-0.15, -0.1) is 0 Å². The largest absolute Gasteiger partial charge is 0.341 e. The normalized spacial score (nSPS) is 21.2. The Bertz CT molecular complexity index is 624. The monoisotopic (exact) mass is 320 g/mol. The Morgan fingerprint density at radius 1 is 1.35 bits per heavy atom. The van der Waals surface area contributed by atoms with Crippen molar-refractivity contribution < 1.29 is 4.79 Å². The topological polar surface area (TPSA) is 69.3 Å². The minimum absolute atomic E-state index is 0.123. The zero-order valence-corrected chi connectivity index (χ0v) is 14.8. The van der Waals surface area contributed by atoms with E-state index in [9.17, 15) is 9.59 Å². The Morgan fingerprint density at radius 3 is 2.57 bits per heavy atom. The molecule has 1 saturated heterocycles. The molecule has 1 aliphatic rings. The van der Waals surface area contributed by atoms with E-state index in [1.807, 2.05) is 11.8 Å². The zero-order chi connectivity index (χ0) is 17.1. The van der Waals surface area contributed by atoms with Crippen LogP contribution < -0.4 is 5.56 Å². The van der Waals surface area contributed by atoms with Crippen molar-refractivity contribution in [1.82, 2.24) is 19.8 Å². The molecule has 2 atom stereocenters. The van der Waals surface area contributed by atoms with Crippen LogP contribution >= 0.6 is 0 Å². The highest BCUT2D eigenvalue weighted by Gasteiger charge is 2.34. The number of H-pyrrole nitrogens is 1. The molecule has 0 spiro atoms. The molecule has 23 heavy (non-hydrogen) atoms. The van der Waals surface area contributed by atoms with Crippen molar-refractivity contribution in [2.75, 3.05) is 27.2 Å². The minimum Gasteiger partial charge on any atom is -0.341 e. The molecule has 128 valence electrons. The maximum atomic E-state index is 12.5. The van der Waals surface area contributed by atoms with Gasteiger partial charge in [0, 0.05) is 36.8 Å². The second-order valence-corrected chi connectivity index (χ2v) is 6.71. The van der Waals surface area contributed by atoms with Crippen molar-refractivity contribution in [2.24, 2.45) is 5.92 Å². The average molecular weight is 320 g/mol. The van der Waals surface area contributed by atoms with Crippen LogP contribution in [0.1, 0.15) is 36.8 Å². The van der Waals surface area contributed by atoms with E-state index in [0.717, 1.165) is 25.2 Å². The van der Waals surface area contributed by atoms with Gasteiger partial charge in [-0.2, -0.15) is 0 Å². The predicted octanol–water partition coefficient (Wildman–Crippen LogP) is 1.12. The lowest BCUT2D eigenvalue weighted by molar-refractivity contribution is -0.130. The van der Waals surface area contributed by atoms with E-state index in [0.29, 0.717) is 36.2 Å². The Kier molecular flexibility index (Phi) is 5.57. The first-order chi connectivity index (χ1) is 10.8. The van der Waals surface area contributed by atoms with Crippen LogP contribution in [0.3, 0.4) is 0 Å². The molecule has 0 aromatic carbocycles. The molecule has 6 nitrogen and oxygen atoms in total. The maximum absolute atomic E-state index is 12.5. The fraction of sp³-hybridized carbons (Fsp3) is 0.706. The van der Waals surface area contributed by atoms with Gasteiger partial charge in [0.05, 0.1) is 0 Å². The van der Waals surface area contributed by atoms with E-state index in [4.69, 9.17) is 0 Å². The molecule has 1 aliphatic heterocycles. The maximum Gasteiger partial charge on any atom is 0.254 e. The molecule has 1 fully saturated rings. The number of likely N-dealkylation sites (N-methyl/N-ethyl adjacent to an activating group) is 1. The molecule has 1 aromatic rings. The molecule has 6 heteroatoms. The van der Waals surface area contributed by atoms with E-state index in [1.165, 1.54) is 0 Å². The van der Waals surface area contributed by atoms with Crippen molar-refractivity contribution >= 4 is 5.91 Å². The number of hydrogen-bond donors (Lipinski definition) is 1. The number of likely N-dealkylation sites (tertiary alicyclic amines) is 1. The van der Waals surface area contributed by atoms with Crippen LogP contribution in [0.2, 0.25) is 0 Å². The van der Waals surface area contributed by atoms with Gasteiger partial charge in [-0.25, -0.2) is 4.98 Å². The fourth-order valence-electron chi connectivity index (χ4n) is 3.48. The SMILES string of the molecule is CCC1CN(C(=O)CCc2c(C)nc(C)[nH]c2=O)CC1N(C)C. The summed E-state index contributed by atoms with van der Waals surface area (Å²) in [4.78, 5) is 35.7. The number of hydrogen-bond acceptors (Lipinski definition) is 4. The minimum atomic E-state index is -0.123. The molecular formula is C17H28N4O2. The fourth-order valence-corrected chi connectivity index (χ4v) is 3.48. The summed E-state index contributed by atoms with van der Waals surface area (Å²) in [6, 6.07) is 0.426. The number of aryl methyl sites for hydroxylation is 2. The standard InChI is InChI=1S/C17H28N4O2/c1-6-13-9-21(10-15(13)20(4)5)16(22)8-7-14-11(2)18-12(3)19-17(14)23/h13,15H,6-10H2,1-5H3,(H,18,19,23). The lowest BCUT2D eigenvalue weighted by Gasteiger charge is -2.23. The van der Waals surface area contributed by atoms with Crippen LogP contribution in [0.25, 0.3) is 0 Å². The molecule has 0 saturated carbocycles. The van der Waals surface area contributed by atoms with Crippen LogP contribution in [0, 0.1) is 19.8 Å². The van der Waals surface area contributed by atoms with Gasteiger partial charge in [0.25, 0.3) is 5.56 Å². The highest BCUT2D eigenvalue weighted by Crippen LogP contribution is 2.24. The van der Waals surface area contributed by atoms with Crippen LogP contribution in [0.15, 0.2) is 4.79 Å². The first kappa shape index (κ1) is 17.7. The lowest BCUT2D eigenvalue weighted by atomic mass is 10.0. The lowest BCUT2D eigenvalue weighted by Crippen LogP contribution is -2.36. The Hall–Kier alpha value is -1.69. The van der Waals surface area contributed by atoms with Gasteiger partial charge in [0.15, 0.2) is 0 Å². The summed E-state index contributed by atoms with van der Waals surface area (Å²) in [6.45, 7) is 7.37. The number of nitrogens with one attached hydrogen (secondary N) is 1. The zero-order valence-electron chi connectivity index (χ0n) is 14.8. The number of aromatic amines is 1. The smallest absolute Gasteiger partial charge is 0.254 e. The number of carbonyl (C=O) groups is 1. The molecule has 2 rings (SSSR count). The third-order valence-electron chi connectivity index (χ3n) is 4.88. The molecule has 1 N–H and O–H groups in total. The number of aromatic nitrogens is 2. The second-order valence-electron chi connectivity index (χ2n) is 6.71. The van der Waals surface area contributed by atoms with Gasteiger partial charge in [-0.1, -0.05) is 13.3 Å². The molecule has 2 unspecified atom stereocenters. The van der Waals surface area contributed by atoms with Gasteiger partial charge in [-0.05, 0) is 40.3 Å². The van der Waals surface area contributed by atoms with Gasteiger partial charge in [-0.3, -0.25) is 9.59 Å². The summed E-state index contributed by atoms with van der Waals surface area (Å²) in [5, 5.41) is 0. The van der Waals surface area contributed by atoms with Gasteiger partial charge < -0.3 is 14.8 Å². The van der Waals surface area contributed by atoms with E-state index in [2.05, 4.69) is 35.9 Å². The molecule has 1 aromatic heterocycles.